The second-order valence-electron chi connectivity index (χ2n) is 7.24. The minimum Gasteiger partial charge on any atom is -0.441 e. The maximum absolute atomic E-state index is 11.5. The highest BCUT2D eigenvalue weighted by molar-refractivity contribution is 6.33. The molecule has 4 heterocycles. The highest BCUT2D eigenvalue weighted by Gasteiger charge is 2.41. The maximum atomic E-state index is 11.5. The van der Waals surface area contributed by atoms with Gasteiger partial charge in [0, 0.05) is 25.1 Å². The van der Waals surface area contributed by atoms with E-state index in [0.717, 1.165) is 43.7 Å². The van der Waals surface area contributed by atoms with Crippen LogP contribution >= 0.6 is 11.6 Å². The van der Waals surface area contributed by atoms with Gasteiger partial charge in [0.2, 0.25) is 0 Å². The molecule has 2 fully saturated rings. The number of anilines is 1. The normalized spacial score (nSPS) is 22.3. The molecule has 1 spiro atoms. The van der Waals surface area contributed by atoms with Crippen LogP contribution in [0.15, 0.2) is 30.5 Å². The number of ether oxygens (including phenoxy) is 1. The van der Waals surface area contributed by atoms with Crippen molar-refractivity contribution in [3.05, 3.63) is 35.5 Å². The number of aromatic nitrogens is 4. The second-order valence-corrected chi connectivity index (χ2v) is 7.65. The third kappa shape index (κ3) is 2.93. The summed E-state index contributed by atoms with van der Waals surface area (Å²) in [6.07, 6.45) is 3.98. The molecule has 28 heavy (non-hydrogen) atoms. The Morgan fingerprint density at radius 1 is 1.21 bits per heavy atom. The molecule has 0 bridgehead atoms. The fourth-order valence-electron chi connectivity index (χ4n) is 3.96. The number of nitrogens with one attached hydrogen (secondary N) is 2. The largest absolute Gasteiger partial charge is 0.441 e. The molecule has 3 aromatic rings. The van der Waals surface area contributed by atoms with Crippen molar-refractivity contribution in [2.75, 3.05) is 24.5 Å². The van der Waals surface area contributed by atoms with Gasteiger partial charge in [-0.05, 0) is 18.9 Å². The maximum Gasteiger partial charge on any atom is 0.407 e. The number of alkyl carbamates (subject to hydrolysis) is 1. The number of benzene rings is 1. The van der Waals surface area contributed by atoms with E-state index in [0.29, 0.717) is 28.4 Å². The van der Waals surface area contributed by atoms with E-state index in [2.05, 4.69) is 25.4 Å². The standard InChI is InChI=1S/C19H19ClN6O2/c20-13-5-2-1-4-12(13)15-16-17(25-24-15)23-14(10-21-16)26-8-3-6-19(7-9-26)11-22-18(27)28-19/h1-2,4-5,10H,3,6-9,11H2,(H,22,27)(H,23,24,25). The summed E-state index contributed by atoms with van der Waals surface area (Å²) in [6.45, 7) is 2.16. The van der Waals surface area contributed by atoms with E-state index in [1.54, 1.807) is 6.20 Å². The van der Waals surface area contributed by atoms with Crippen LogP contribution in [0, 0.1) is 0 Å². The summed E-state index contributed by atoms with van der Waals surface area (Å²) in [4.78, 5) is 23.0. The van der Waals surface area contributed by atoms with Gasteiger partial charge < -0.3 is 15.0 Å². The SMILES string of the molecule is O=C1NCC2(CCCN(c3cnc4c(-c5ccccc5Cl)n[nH]c4n3)CC2)O1. The molecule has 1 atom stereocenters. The van der Waals surface area contributed by atoms with E-state index < -0.39 is 5.60 Å². The highest BCUT2D eigenvalue weighted by atomic mass is 35.5. The van der Waals surface area contributed by atoms with Crippen molar-refractivity contribution in [3.8, 4) is 11.3 Å². The van der Waals surface area contributed by atoms with Crippen LogP contribution in [0.4, 0.5) is 10.6 Å². The summed E-state index contributed by atoms with van der Waals surface area (Å²) in [5.41, 5.74) is 2.44. The highest BCUT2D eigenvalue weighted by Crippen LogP contribution is 2.33. The molecule has 144 valence electrons. The van der Waals surface area contributed by atoms with Gasteiger partial charge in [0.1, 0.15) is 22.6 Å². The number of amides is 1. The molecule has 0 aliphatic carbocycles. The lowest BCUT2D eigenvalue weighted by molar-refractivity contribution is 0.0473. The summed E-state index contributed by atoms with van der Waals surface area (Å²) >= 11 is 6.31. The first-order chi connectivity index (χ1) is 13.6. The van der Waals surface area contributed by atoms with Crippen molar-refractivity contribution < 1.29 is 9.53 Å². The second kappa shape index (κ2) is 6.63. The molecule has 1 unspecified atom stereocenters. The number of halogens is 1. The number of H-pyrrole nitrogens is 1. The fourth-order valence-corrected chi connectivity index (χ4v) is 4.19. The summed E-state index contributed by atoms with van der Waals surface area (Å²) < 4.78 is 5.55. The number of hydrogen-bond donors (Lipinski definition) is 2. The van der Waals surface area contributed by atoms with Gasteiger partial charge in [-0.1, -0.05) is 29.8 Å². The van der Waals surface area contributed by atoms with Gasteiger partial charge in [-0.15, -0.1) is 0 Å². The van der Waals surface area contributed by atoms with Crippen LogP contribution < -0.4 is 10.2 Å². The van der Waals surface area contributed by atoms with Crippen LogP contribution in [0.5, 0.6) is 0 Å². The number of hydrogen-bond acceptors (Lipinski definition) is 6. The lowest BCUT2D eigenvalue weighted by atomic mass is 9.95. The van der Waals surface area contributed by atoms with Crippen LogP contribution in [0.1, 0.15) is 19.3 Å². The summed E-state index contributed by atoms with van der Waals surface area (Å²) in [5.74, 6) is 0.788. The minimum atomic E-state index is -0.394. The monoisotopic (exact) mass is 398 g/mol. The Morgan fingerprint density at radius 3 is 2.93 bits per heavy atom. The van der Waals surface area contributed by atoms with Gasteiger partial charge in [-0.25, -0.2) is 14.8 Å². The van der Waals surface area contributed by atoms with E-state index >= 15 is 0 Å². The Hall–Kier alpha value is -2.87. The molecular weight excluding hydrogens is 380 g/mol. The molecular formula is C19H19ClN6O2. The quantitative estimate of drug-likeness (QED) is 0.688. The fraction of sp³-hybridized carbons (Fsp3) is 0.368. The van der Waals surface area contributed by atoms with Gasteiger partial charge in [0.05, 0.1) is 17.8 Å². The van der Waals surface area contributed by atoms with Crippen molar-refractivity contribution in [3.63, 3.8) is 0 Å². The van der Waals surface area contributed by atoms with Crippen LogP contribution in [0.3, 0.4) is 0 Å². The molecule has 2 N–H and O–H groups in total. The average Bonchev–Trinajstić information content (AvgIpc) is 3.21. The van der Waals surface area contributed by atoms with Crippen molar-refractivity contribution in [2.24, 2.45) is 0 Å². The predicted octanol–water partition coefficient (Wildman–Crippen LogP) is 3.14. The van der Waals surface area contributed by atoms with Crippen molar-refractivity contribution >= 4 is 34.7 Å². The number of rotatable bonds is 2. The molecule has 1 aromatic carbocycles. The molecule has 8 nitrogen and oxygen atoms in total. The van der Waals surface area contributed by atoms with Crippen molar-refractivity contribution in [2.45, 2.75) is 24.9 Å². The number of carbonyl (C=O) groups is 1. The lowest BCUT2D eigenvalue weighted by Gasteiger charge is -2.25. The third-order valence-electron chi connectivity index (χ3n) is 5.47. The minimum absolute atomic E-state index is 0.320. The Bertz CT molecular complexity index is 1050. The molecule has 2 saturated heterocycles. The van der Waals surface area contributed by atoms with Crippen LogP contribution in [-0.4, -0.2) is 51.5 Å². The Labute approximate surface area is 166 Å². The Kier molecular flexibility index (Phi) is 4.08. The predicted molar refractivity (Wildman–Crippen MR) is 105 cm³/mol. The van der Waals surface area contributed by atoms with E-state index in [4.69, 9.17) is 21.3 Å². The van der Waals surface area contributed by atoms with Crippen LogP contribution in [0.2, 0.25) is 5.02 Å². The van der Waals surface area contributed by atoms with E-state index in [-0.39, 0.29) is 6.09 Å². The molecule has 0 radical (unpaired) electrons. The van der Waals surface area contributed by atoms with Gasteiger partial charge >= 0.3 is 6.09 Å². The lowest BCUT2D eigenvalue weighted by Crippen LogP contribution is -2.35. The Balaban J connectivity index is 1.42. The van der Waals surface area contributed by atoms with E-state index in [1.807, 2.05) is 24.3 Å². The zero-order chi connectivity index (χ0) is 19.1. The number of carbonyl (C=O) groups excluding carboxylic acids is 1. The molecule has 1 amide bonds. The number of nitrogens with zero attached hydrogens (tertiary/aromatic N) is 4. The van der Waals surface area contributed by atoms with Crippen LogP contribution in [-0.2, 0) is 4.74 Å². The first-order valence-corrected chi connectivity index (χ1v) is 9.69. The topological polar surface area (TPSA) is 96.0 Å². The number of fused-ring (bicyclic) bond motifs is 1. The summed E-state index contributed by atoms with van der Waals surface area (Å²) in [7, 11) is 0. The summed E-state index contributed by atoms with van der Waals surface area (Å²) in [6, 6.07) is 7.55. The van der Waals surface area contributed by atoms with Crippen LogP contribution in [0.25, 0.3) is 22.4 Å². The third-order valence-corrected chi connectivity index (χ3v) is 5.80. The summed E-state index contributed by atoms with van der Waals surface area (Å²) in [5, 5.41) is 10.8. The van der Waals surface area contributed by atoms with Gasteiger partial charge in [0.15, 0.2) is 5.65 Å². The Morgan fingerprint density at radius 2 is 2.11 bits per heavy atom. The zero-order valence-corrected chi connectivity index (χ0v) is 15.9. The van der Waals surface area contributed by atoms with Gasteiger partial charge in [-0.2, -0.15) is 5.10 Å². The first-order valence-electron chi connectivity index (χ1n) is 9.31. The molecule has 2 aromatic heterocycles. The van der Waals surface area contributed by atoms with E-state index in [1.165, 1.54) is 0 Å². The van der Waals surface area contributed by atoms with Gasteiger partial charge in [-0.3, -0.25) is 5.10 Å². The van der Waals surface area contributed by atoms with Gasteiger partial charge in [0.25, 0.3) is 0 Å². The average molecular weight is 399 g/mol. The van der Waals surface area contributed by atoms with Crippen molar-refractivity contribution in [1.29, 1.82) is 0 Å². The molecule has 2 aliphatic rings. The molecule has 5 rings (SSSR count). The zero-order valence-electron chi connectivity index (χ0n) is 15.1. The van der Waals surface area contributed by atoms with E-state index in [9.17, 15) is 4.79 Å². The van der Waals surface area contributed by atoms with Crippen molar-refractivity contribution in [1.82, 2.24) is 25.5 Å². The smallest absolute Gasteiger partial charge is 0.407 e. The first kappa shape index (κ1) is 17.2. The molecule has 2 aliphatic heterocycles. The molecule has 0 saturated carbocycles. The molecule has 9 heteroatoms. The number of aromatic amines is 1.